The highest BCUT2D eigenvalue weighted by Gasteiger charge is 2.11. The van der Waals surface area contributed by atoms with Gasteiger partial charge in [0.25, 0.3) is 0 Å². The molecule has 0 aliphatic carbocycles. The van der Waals surface area contributed by atoms with Crippen molar-refractivity contribution < 1.29 is 19.8 Å². The van der Waals surface area contributed by atoms with Gasteiger partial charge in [-0.05, 0) is 12.1 Å². The molecule has 0 unspecified atom stereocenters. The fourth-order valence-corrected chi connectivity index (χ4v) is 1.98. The van der Waals surface area contributed by atoms with Crippen LogP contribution in [0.3, 0.4) is 0 Å². The first kappa shape index (κ1) is 11.3. The van der Waals surface area contributed by atoms with Crippen molar-refractivity contribution in [1.29, 1.82) is 0 Å². The highest BCUT2D eigenvalue weighted by atomic mass is 32.1. The second kappa shape index (κ2) is 4.34. The molecule has 1 aromatic heterocycles. The maximum Gasteiger partial charge on any atom is 0.365 e. The maximum absolute atomic E-state index is 10.8. The Morgan fingerprint density at radius 1 is 1.18 bits per heavy atom. The maximum atomic E-state index is 10.8. The molecular weight excluding hydrogens is 242 g/mol. The van der Waals surface area contributed by atoms with Crippen LogP contribution in [-0.4, -0.2) is 27.1 Å². The van der Waals surface area contributed by atoms with Crippen LogP contribution in [0.5, 0.6) is 0 Å². The first-order valence-corrected chi connectivity index (χ1v) is 5.48. The summed E-state index contributed by atoms with van der Waals surface area (Å²) in [7, 11) is 0. The summed E-state index contributed by atoms with van der Waals surface area (Å²) in [4.78, 5) is 25.4. The minimum absolute atomic E-state index is 0.0132. The predicted octanol–water partition coefficient (Wildman–Crippen LogP) is 2.21. The molecule has 1 heterocycles. The van der Waals surface area contributed by atoms with Gasteiger partial charge in [-0.2, -0.15) is 0 Å². The van der Waals surface area contributed by atoms with Gasteiger partial charge in [0.15, 0.2) is 0 Å². The summed E-state index contributed by atoms with van der Waals surface area (Å²) >= 11 is 1.01. The molecule has 5 nitrogen and oxygen atoms in total. The topological polar surface area (TPSA) is 87.5 Å². The van der Waals surface area contributed by atoms with Gasteiger partial charge in [0, 0.05) is 10.9 Å². The molecule has 0 amide bonds. The molecule has 0 spiro atoms. The second-order valence-corrected chi connectivity index (χ2v) is 4.09. The molecular formula is C11H7NO4S. The number of hydrogen-bond acceptors (Lipinski definition) is 4. The van der Waals surface area contributed by atoms with E-state index < -0.39 is 11.9 Å². The van der Waals surface area contributed by atoms with Gasteiger partial charge >= 0.3 is 11.9 Å². The van der Waals surface area contributed by atoms with Crippen LogP contribution in [0.2, 0.25) is 0 Å². The van der Waals surface area contributed by atoms with Crippen LogP contribution >= 0.6 is 11.3 Å². The van der Waals surface area contributed by atoms with E-state index in [2.05, 4.69) is 4.98 Å². The molecule has 2 aromatic rings. The van der Waals surface area contributed by atoms with Gasteiger partial charge in [0.05, 0.1) is 11.3 Å². The Morgan fingerprint density at radius 2 is 1.94 bits per heavy atom. The zero-order valence-electron chi connectivity index (χ0n) is 8.45. The summed E-state index contributed by atoms with van der Waals surface area (Å²) in [5.41, 5.74) is 1.21. The Hall–Kier alpha value is -2.21. The lowest BCUT2D eigenvalue weighted by atomic mass is 10.1. The largest absolute Gasteiger partial charge is 0.478 e. The van der Waals surface area contributed by atoms with Crippen molar-refractivity contribution in [3.05, 3.63) is 40.2 Å². The molecule has 86 valence electrons. The predicted molar refractivity (Wildman–Crippen MR) is 61.5 cm³/mol. The molecule has 0 aliphatic rings. The smallest absolute Gasteiger partial charge is 0.365 e. The van der Waals surface area contributed by atoms with E-state index in [0.29, 0.717) is 11.3 Å². The number of benzene rings is 1. The number of carboxylic acid groups (broad SMARTS) is 2. The number of aromatic carboxylic acids is 2. The van der Waals surface area contributed by atoms with Crippen molar-refractivity contribution in [3.8, 4) is 11.3 Å². The first-order chi connectivity index (χ1) is 8.08. The van der Waals surface area contributed by atoms with Crippen LogP contribution < -0.4 is 0 Å². The molecule has 0 bridgehead atoms. The fourth-order valence-electron chi connectivity index (χ4n) is 1.32. The van der Waals surface area contributed by atoms with E-state index in [0.717, 1.165) is 11.3 Å². The third-order valence-electron chi connectivity index (χ3n) is 2.09. The number of thiazole rings is 1. The van der Waals surface area contributed by atoms with Crippen LogP contribution in [0.25, 0.3) is 11.3 Å². The van der Waals surface area contributed by atoms with Crippen molar-refractivity contribution in [1.82, 2.24) is 4.98 Å². The van der Waals surface area contributed by atoms with Gasteiger partial charge in [-0.25, -0.2) is 14.6 Å². The third kappa shape index (κ3) is 2.31. The van der Waals surface area contributed by atoms with Crippen molar-refractivity contribution >= 4 is 23.3 Å². The average molecular weight is 249 g/mol. The lowest BCUT2D eigenvalue weighted by molar-refractivity contribution is 0.0685. The third-order valence-corrected chi connectivity index (χ3v) is 2.92. The number of rotatable bonds is 3. The number of nitrogens with zero attached hydrogens (tertiary/aromatic N) is 1. The van der Waals surface area contributed by atoms with Gasteiger partial charge in [0.2, 0.25) is 5.01 Å². The van der Waals surface area contributed by atoms with Gasteiger partial charge < -0.3 is 10.2 Å². The van der Waals surface area contributed by atoms with Gasteiger partial charge in [-0.3, -0.25) is 0 Å². The summed E-state index contributed by atoms with van der Waals surface area (Å²) in [6.07, 6.45) is 0. The van der Waals surface area contributed by atoms with E-state index in [4.69, 9.17) is 10.2 Å². The summed E-state index contributed by atoms with van der Waals surface area (Å²) in [5, 5.41) is 19.2. The van der Waals surface area contributed by atoms with Gasteiger partial charge in [0.1, 0.15) is 0 Å². The molecule has 2 N–H and O–H groups in total. The van der Waals surface area contributed by atoms with Crippen LogP contribution in [0.1, 0.15) is 20.2 Å². The highest BCUT2D eigenvalue weighted by molar-refractivity contribution is 7.11. The Balaban J connectivity index is 2.42. The molecule has 0 atom stereocenters. The molecule has 0 aliphatic heterocycles. The normalized spacial score (nSPS) is 10.1. The molecule has 0 radical (unpaired) electrons. The molecule has 0 fully saturated rings. The van der Waals surface area contributed by atoms with Crippen molar-refractivity contribution in [3.63, 3.8) is 0 Å². The minimum Gasteiger partial charge on any atom is -0.478 e. The Bertz CT molecular complexity index is 591. The Kier molecular flexibility index (Phi) is 2.88. The van der Waals surface area contributed by atoms with Crippen molar-refractivity contribution in [2.45, 2.75) is 0 Å². The monoisotopic (exact) mass is 249 g/mol. The molecule has 17 heavy (non-hydrogen) atoms. The van der Waals surface area contributed by atoms with Crippen LogP contribution in [-0.2, 0) is 0 Å². The number of carbonyl (C=O) groups is 2. The van der Waals surface area contributed by atoms with Gasteiger partial charge in [-0.1, -0.05) is 12.1 Å². The molecule has 0 saturated heterocycles. The number of aromatic nitrogens is 1. The zero-order valence-corrected chi connectivity index (χ0v) is 9.27. The van der Waals surface area contributed by atoms with Crippen LogP contribution in [0.15, 0.2) is 29.6 Å². The zero-order chi connectivity index (χ0) is 12.4. The summed E-state index contributed by atoms with van der Waals surface area (Å²) in [5.74, 6) is -2.11. The van der Waals surface area contributed by atoms with Crippen LogP contribution in [0, 0.1) is 0 Å². The number of carboxylic acids is 2. The molecule has 1 aromatic carbocycles. The fraction of sp³-hybridized carbons (Fsp3) is 0. The highest BCUT2D eigenvalue weighted by Crippen LogP contribution is 2.22. The quantitative estimate of drug-likeness (QED) is 0.870. The van der Waals surface area contributed by atoms with E-state index in [9.17, 15) is 9.59 Å². The lowest BCUT2D eigenvalue weighted by Crippen LogP contribution is -1.96. The Morgan fingerprint density at radius 3 is 2.53 bits per heavy atom. The summed E-state index contributed by atoms with van der Waals surface area (Å²) in [6.45, 7) is 0. The minimum atomic E-state index is -1.09. The Labute approximate surface area is 100.0 Å². The first-order valence-electron chi connectivity index (χ1n) is 4.60. The van der Waals surface area contributed by atoms with Crippen molar-refractivity contribution in [2.24, 2.45) is 0 Å². The molecule has 0 saturated carbocycles. The van der Waals surface area contributed by atoms with E-state index in [1.54, 1.807) is 17.5 Å². The lowest BCUT2D eigenvalue weighted by Gasteiger charge is -1.98. The van der Waals surface area contributed by atoms with Crippen LogP contribution in [0.4, 0.5) is 0 Å². The van der Waals surface area contributed by atoms with Crippen molar-refractivity contribution in [2.75, 3.05) is 0 Å². The molecule has 2 rings (SSSR count). The van der Waals surface area contributed by atoms with E-state index in [1.807, 2.05) is 0 Å². The SMILES string of the molecule is O=C(O)c1cccc(-c2csc(C(=O)O)n2)c1. The van der Waals surface area contributed by atoms with E-state index >= 15 is 0 Å². The van der Waals surface area contributed by atoms with E-state index in [1.165, 1.54) is 12.1 Å². The number of hydrogen-bond donors (Lipinski definition) is 2. The average Bonchev–Trinajstić information content (AvgIpc) is 2.78. The van der Waals surface area contributed by atoms with Gasteiger partial charge in [-0.15, -0.1) is 11.3 Å². The summed E-state index contributed by atoms with van der Waals surface area (Å²) < 4.78 is 0. The summed E-state index contributed by atoms with van der Waals surface area (Å²) in [6, 6.07) is 6.21. The molecule has 6 heteroatoms. The standard InChI is InChI=1S/C11H7NO4S/c13-10(14)7-3-1-2-6(4-7)8-5-17-9(12-8)11(15)16/h1-5H,(H,13,14)(H,15,16). The van der Waals surface area contributed by atoms with E-state index in [-0.39, 0.29) is 10.6 Å². The second-order valence-electron chi connectivity index (χ2n) is 3.23.